The number of carboxylic acid groups (broad SMARTS) is 2. The maximum Gasteiger partial charge on any atom is 0.307 e. The molecule has 1 heterocycles. The number of fused-ring (bicyclic) bond motifs is 1. The molecular formula is C15H16N2O4S. The number of nitrogens with zero attached hydrogens (tertiary/aromatic N) is 1. The molecule has 1 aliphatic rings. The summed E-state index contributed by atoms with van der Waals surface area (Å²) >= 11 is 1.50. The fraction of sp³-hybridized carbons (Fsp3) is 0.400. The third-order valence-electron chi connectivity index (χ3n) is 4.08. The standard InChI is InChI=1S/C15H16N2O4S/c18-13(19)9-6-5-8(7-10(9)14(20)21)22-15-16-11-3-1-2-4-12(11)17-15/h1-4,8-10H,5-7H2,(H,16,17)(H,18,19)(H,20,21). The number of benzene rings is 1. The van der Waals surface area contributed by atoms with Crippen LogP contribution in [0.2, 0.25) is 0 Å². The first-order valence-electron chi connectivity index (χ1n) is 7.11. The average molecular weight is 320 g/mol. The van der Waals surface area contributed by atoms with Gasteiger partial charge >= 0.3 is 11.9 Å². The summed E-state index contributed by atoms with van der Waals surface area (Å²) in [6, 6.07) is 7.69. The van der Waals surface area contributed by atoms with Crippen LogP contribution in [0.15, 0.2) is 29.4 Å². The van der Waals surface area contributed by atoms with Gasteiger partial charge in [0.2, 0.25) is 0 Å². The Bertz CT molecular complexity index is 681. The number of aromatic amines is 1. The van der Waals surface area contributed by atoms with Crippen molar-refractivity contribution in [3.63, 3.8) is 0 Å². The van der Waals surface area contributed by atoms with Gasteiger partial charge in [-0.05, 0) is 31.4 Å². The van der Waals surface area contributed by atoms with E-state index >= 15 is 0 Å². The number of rotatable bonds is 4. The Morgan fingerprint density at radius 1 is 1.14 bits per heavy atom. The lowest BCUT2D eigenvalue weighted by Gasteiger charge is -2.30. The molecule has 0 radical (unpaired) electrons. The quantitative estimate of drug-likeness (QED) is 0.800. The Kier molecular flexibility index (Phi) is 4.06. The highest BCUT2D eigenvalue weighted by atomic mass is 32.2. The number of imidazole rings is 1. The first kappa shape index (κ1) is 14.9. The lowest BCUT2D eigenvalue weighted by molar-refractivity contribution is -0.155. The molecule has 1 aromatic heterocycles. The largest absolute Gasteiger partial charge is 0.481 e. The Hall–Kier alpha value is -2.02. The summed E-state index contributed by atoms with van der Waals surface area (Å²) in [5.41, 5.74) is 1.82. The van der Waals surface area contributed by atoms with Crippen LogP contribution in [0.4, 0.5) is 0 Å². The highest BCUT2D eigenvalue weighted by molar-refractivity contribution is 7.99. The summed E-state index contributed by atoms with van der Waals surface area (Å²) in [4.78, 5) is 30.2. The third kappa shape index (κ3) is 2.94. The SMILES string of the molecule is O=C(O)C1CCC(Sc2nc3ccccc3[nH]2)CC1C(=O)O. The van der Waals surface area contributed by atoms with Crippen LogP contribution in [-0.2, 0) is 9.59 Å². The molecule has 2 aromatic rings. The minimum absolute atomic E-state index is 0.0669. The number of hydrogen-bond donors (Lipinski definition) is 3. The molecule has 1 aromatic carbocycles. The molecular weight excluding hydrogens is 304 g/mol. The molecule has 7 heteroatoms. The minimum atomic E-state index is -1.03. The van der Waals surface area contributed by atoms with Crippen LogP contribution in [-0.4, -0.2) is 37.4 Å². The van der Waals surface area contributed by atoms with Crippen molar-refractivity contribution in [3.05, 3.63) is 24.3 Å². The molecule has 0 bridgehead atoms. The van der Waals surface area contributed by atoms with Crippen LogP contribution in [0.1, 0.15) is 19.3 Å². The predicted molar refractivity (Wildman–Crippen MR) is 81.8 cm³/mol. The van der Waals surface area contributed by atoms with Gasteiger partial charge in [-0.3, -0.25) is 9.59 Å². The third-order valence-corrected chi connectivity index (χ3v) is 5.26. The zero-order valence-corrected chi connectivity index (χ0v) is 12.5. The maximum absolute atomic E-state index is 11.3. The number of thioether (sulfide) groups is 1. The number of nitrogens with one attached hydrogen (secondary N) is 1. The lowest BCUT2D eigenvalue weighted by Crippen LogP contribution is -2.36. The van der Waals surface area contributed by atoms with Gasteiger partial charge in [-0.25, -0.2) is 4.98 Å². The molecule has 0 amide bonds. The molecule has 0 spiro atoms. The zero-order valence-electron chi connectivity index (χ0n) is 11.7. The Morgan fingerprint density at radius 3 is 2.55 bits per heavy atom. The molecule has 3 unspecified atom stereocenters. The highest BCUT2D eigenvalue weighted by Crippen LogP contribution is 2.39. The second-order valence-electron chi connectivity index (χ2n) is 5.50. The van der Waals surface area contributed by atoms with Crippen LogP contribution in [0.5, 0.6) is 0 Å². The molecule has 3 atom stereocenters. The zero-order chi connectivity index (χ0) is 15.7. The molecule has 1 fully saturated rings. The molecule has 0 saturated heterocycles. The van der Waals surface area contributed by atoms with Crippen molar-refractivity contribution in [1.82, 2.24) is 9.97 Å². The van der Waals surface area contributed by atoms with E-state index < -0.39 is 23.8 Å². The molecule has 1 saturated carbocycles. The van der Waals surface area contributed by atoms with Crippen molar-refractivity contribution in [1.29, 1.82) is 0 Å². The first-order valence-corrected chi connectivity index (χ1v) is 7.99. The van der Waals surface area contributed by atoms with Crippen molar-refractivity contribution < 1.29 is 19.8 Å². The summed E-state index contributed by atoms with van der Waals surface area (Å²) in [6.45, 7) is 0. The summed E-state index contributed by atoms with van der Waals surface area (Å²) in [5, 5.41) is 19.2. The number of carboxylic acids is 2. The summed E-state index contributed by atoms with van der Waals surface area (Å²) in [5.74, 6) is -3.65. The number of carbonyl (C=O) groups is 2. The van der Waals surface area contributed by atoms with E-state index in [9.17, 15) is 14.7 Å². The summed E-state index contributed by atoms with van der Waals surface area (Å²) in [7, 11) is 0. The second kappa shape index (κ2) is 6.00. The normalized spacial score (nSPS) is 25.2. The van der Waals surface area contributed by atoms with E-state index in [2.05, 4.69) is 9.97 Å². The number of aromatic nitrogens is 2. The van der Waals surface area contributed by atoms with Gasteiger partial charge in [-0.15, -0.1) is 0 Å². The van der Waals surface area contributed by atoms with E-state index in [0.29, 0.717) is 19.3 Å². The summed E-state index contributed by atoms with van der Waals surface area (Å²) < 4.78 is 0. The fourth-order valence-electron chi connectivity index (χ4n) is 2.95. The van der Waals surface area contributed by atoms with Crippen LogP contribution in [0, 0.1) is 11.8 Å². The van der Waals surface area contributed by atoms with Crippen molar-refractivity contribution in [2.75, 3.05) is 0 Å². The van der Waals surface area contributed by atoms with Crippen LogP contribution >= 0.6 is 11.8 Å². The van der Waals surface area contributed by atoms with Gasteiger partial charge in [0, 0.05) is 5.25 Å². The van der Waals surface area contributed by atoms with Gasteiger partial charge in [0.15, 0.2) is 5.16 Å². The van der Waals surface area contributed by atoms with E-state index in [0.717, 1.165) is 16.2 Å². The van der Waals surface area contributed by atoms with E-state index in [1.807, 2.05) is 24.3 Å². The lowest BCUT2D eigenvalue weighted by atomic mass is 9.79. The Morgan fingerprint density at radius 2 is 1.86 bits per heavy atom. The van der Waals surface area contributed by atoms with Crippen LogP contribution in [0.25, 0.3) is 11.0 Å². The predicted octanol–water partition coefficient (Wildman–Crippen LogP) is 2.61. The maximum atomic E-state index is 11.3. The van der Waals surface area contributed by atoms with Gasteiger partial charge in [-0.2, -0.15) is 0 Å². The van der Waals surface area contributed by atoms with E-state index in [4.69, 9.17) is 5.11 Å². The highest BCUT2D eigenvalue weighted by Gasteiger charge is 2.39. The molecule has 22 heavy (non-hydrogen) atoms. The number of para-hydroxylation sites is 2. The van der Waals surface area contributed by atoms with Gasteiger partial charge in [0.05, 0.1) is 22.9 Å². The van der Waals surface area contributed by atoms with Crippen molar-refractivity contribution in [2.45, 2.75) is 29.7 Å². The van der Waals surface area contributed by atoms with E-state index in [1.165, 1.54) is 11.8 Å². The van der Waals surface area contributed by atoms with Crippen LogP contribution < -0.4 is 0 Å². The topological polar surface area (TPSA) is 103 Å². The monoisotopic (exact) mass is 320 g/mol. The molecule has 0 aliphatic heterocycles. The molecule has 3 N–H and O–H groups in total. The van der Waals surface area contributed by atoms with Crippen molar-refractivity contribution in [3.8, 4) is 0 Å². The smallest absolute Gasteiger partial charge is 0.307 e. The van der Waals surface area contributed by atoms with Gasteiger partial charge in [0.1, 0.15) is 0 Å². The number of hydrogen-bond acceptors (Lipinski definition) is 4. The van der Waals surface area contributed by atoms with Crippen molar-refractivity contribution >= 4 is 34.7 Å². The van der Waals surface area contributed by atoms with E-state index in [1.54, 1.807) is 0 Å². The van der Waals surface area contributed by atoms with Gasteiger partial charge in [0.25, 0.3) is 0 Å². The van der Waals surface area contributed by atoms with Gasteiger partial charge < -0.3 is 15.2 Å². The first-order chi connectivity index (χ1) is 10.5. The Balaban J connectivity index is 1.73. The van der Waals surface area contributed by atoms with Crippen LogP contribution in [0.3, 0.4) is 0 Å². The molecule has 116 valence electrons. The molecule has 6 nitrogen and oxygen atoms in total. The van der Waals surface area contributed by atoms with E-state index in [-0.39, 0.29) is 5.25 Å². The number of aliphatic carboxylic acids is 2. The second-order valence-corrected chi connectivity index (χ2v) is 6.79. The molecule has 3 rings (SSSR count). The summed E-state index contributed by atoms with van der Waals surface area (Å²) in [6.07, 6.45) is 1.43. The fourth-order valence-corrected chi connectivity index (χ4v) is 4.14. The Labute approximate surface area is 130 Å². The molecule has 1 aliphatic carbocycles. The van der Waals surface area contributed by atoms with Crippen molar-refractivity contribution in [2.24, 2.45) is 11.8 Å². The average Bonchev–Trinajstić information content (AvgIpc) is 2.89. The van der Waals surface area contributed by atoms with Gasteiger partial charge in [-0.1, -0.05) is 23.9 Å². The number of H-pyrrole nitrogens is 1. The minimum Gasteiger partial charge on any atom is -0.481 e.